The SMILES string of the molecule is CCNC(=NCC1CC(C)N(Cc2ccccc2)C1)N1CC(C)C(C(=O)OC)C1. The van der Waals surface area contributed by atoms with Gasteiger partial charge in [-0.3, -0.25) is 14.7 Å². The fourth-order valence-corrected chi connectivity index (χ4v) is 4.63. The molecule has 6 nitrogen and oxygen atoms in total. The summed E-state index contributed by atoms with van der Waals surface area (Å²) in [6.07, 6.45) is 1.18. The molecule has 3 rings (SSSR count). The summed E-state index contributed by atoms with van der Waals surface area (Å²) in [4.78, 5) is 21.8. The number of benzene rings is 1. The van der Waals surface area contributed by atoms with Crippen molar-refractivity contribution in [2.24, 2.45) is 22.7 Å². The zero-order valence-electron chi connectivity index (χ0n) is 18.3. The molecule has 0 radical (unpaired) electrons. The van der Waals surface area contributed by atoms with E-state index >= 15 is 0 Å². The molecule has 160 valence electrons. The van der Waals surface area contributed by atoms with E-state index in [0.29, 0.717) is 18.5 Å². The van der Waals surface area contributed by atoms with E-state index in [1.54, 1.807) is 0 Å². The molecule has 0 aliphatic carbocycles. The van der Waals surface area contributed by atoms with Crippen LogP contribution in [0.2, 0.25) is 0 Å². The van der Waals surface area contributed by atoms with E-state index in [9.17, 15) is 4.79 Å². The Hall–Kier alpha value is -2.08. The first-order chi connectivity index (χ1) is 14.0. The molecule has 0 amide bonds. The number of rotatable bonds is 6. The van der Waals surface area contributed by atoms with Crippen molar-refractivity contribution in [1.29, 1.82) is 0 Å². The molecule has 4 atom stereocenters. The van der Waals surface area contributed by atoms with Gasteiger partial charge in [-0.05, 0) is 37.7 Å². The molecule has 1 aromatic rings. The first-order valence-electron chi connectivity index (χ1n) is 10.9. The monoisotopic (exact) mass is 400 g/mol. The largest absolute Gasteiger partial charge is 0.469 e. The summed E-state index contributed by atoms with van der Waals surface area (Å²) < 4.78 is 4.97. The quantitative estimate of drug-likeness (QED) is 0.452. The van der Waals surface area contributed by atoms with Gasteiger partial charge in [-0.1, -0.05) is 37.3 Å². The molecule has 0 aromatic heterocycles. The third-order valence-corrected chi connectivity index (χ3v) is 6.27. The predicted octanol–water partition coefficient (Wildman–Crippen LogP) is 2.60. The molecular formula is C23H36N4O2. The van der Waals surface area contributed by atoms with Crippen molar-refractivity contribution in [2.45, 2.75) is 39.8 Å². The van der Waals surface area contributed by atoms with Crippen LogP contribution in [0.4, 0.5) is 0 Å². The predicted molar refractivity (Wildman–Crippen MR) is 117 cm³/mol. The number of hydrogen-bond donors (Lipinski definition) is 1. The highest BCUT2D eigenvalue weighted by molar-refractivity contribution is 5.82. The molecule has 0 spiro atoms. The number of methoxy groups -OCH3 is 1. The normalized spacial score (nSPS) is 28.0. The van der Waals surface area contributed by atoms with Gasteiger partial charge in [0.15, 0.2) is 5.96 Å². The zero-order chi connectivity index (χ0) is 20.8. The van der Waals surface area contributed by atoms with Gasteiger partial charge in [0.2, 0.25) is 0 Å². The van der Waals surface area contributed by atoms with Crippen LogP contribution in [-0.4, -0.2) is 67.6 Å². The highest BCUT2D eigenvalue weighted by Gasteiger charge is 2.37. The second-order valence-electron chi connectivity index (χ2n) is 8.57. The lowest BCUT2D eigenvalue weighted by Crippen LogP contribution is -2.41. The molecular weight excluding hydrogens is 364 g/mol. The highest BCUT2D eigenvalue weighted by atomic mass is 16.5. The first-order valence-corrected chi connectivity index (χ1v) is 10.9. The van der Waals surface area contributed by atoms with Gasteiger partial charge in [0.25, 0.3) is 0 Å². The Labute approximate surface area is 175 Å². The Kier molecular flexibility index (Phi) is 7.53. The smallest absolute Gasteiger partial charge is 0.310 e. The number of carbonyl (C=O) groups is 1. The summed E-state index contributed by atoms with van der Waals surface area (Å²) in [6, 6.07) is 11.3. The van der Waals surface area contributed by atoms with Crippen LogP contribution in [0.3, 0.4) is 0 Å². The average molecular weight is 401 g/mol. The zero-order valence-corrected chi connectivity index (χ0v) is 18.3. The molecule has 1 N–H and O–H groups in total. The highest BCUT2D eigenvalue weighted by Crippen LogP contribution is 2.26. The van der Waals surface area contributed by atoms with Crippen molar-refractivity contribution >= 4 is 11.9 Å². The van der Waals surface area contributed by atoms with Crippen molar-refractivity contribution in [1.82, 2.24) is 15.1 Å². The van der Waals surface area contributed by atoms with Crippen LogP contribution < -0.4 is 5.32 Å². The lowest BCUT2D eigenvalue weighted by atomic mass is 9.99. The van der Waals surface area contributed by atoms with Gasteiger partial charge in [-0.15, -0.1) is 0 Å². The summed E-state index contributed by atoms with van der Waals surface area (Å²) in [5, 5.41) is 3.42. The minimum Gasteiger partial charge on any atom is -0.469 e. The molecule has 2 fully saturated rings. The third kappa shape index (κ3) is 5.50. The number of aliphatic imine (C=N–C) groups is 1. The maximum atomic E-state index is 12.0. The minimum atomic E-state index is -0.114. The second kappa shape index (κ2) is 10.1. The number of nitrogens with one attached hydrogen (secondary N) is 1. The Morgan fingerprint density at radius 3 is 2.66 bits per heavy atom. The minimum absolute atomic E-state index is 0.0725. The van der Waals surface area contributed by atoms with Gasteiger partial charge in [0.1, 0.15) is 0 Å². The summed E-state index contributed by atoms with van der Waals surface area (Å²) in [5.41, 5.74) is 1.37. The third-order valence-electron chi connectivity index (χ3n) is 6.27. The van der Waals surface area contributed by atoms with Gasteiger partial charge < -0.3 is 15.0 Å². The molecule has 2 heterocycles. The Bertz CT molecular complexity index is 693. The fraction of sp³-hybridized carbons (Fsp3) is 0.652. The number of ether oxygens (including phenoxy) is 1. The van der Waals surface area contributed by atoms with Crippen LogP contribution in [0, 0.1) is 17.8 Å². The van der Waals surface area contributed by atoms with Crippen molar-refractivity contribution < 1.29 is 9.53 Å². The summed E-state index contributed by atoms with van der Waals surface area (Å²) >= 11 is 0. The summed E-state index contributed by atoms with van der Waals surface area (Å²) in [5.74, 6) is 1.59. The van der Waals surface area contributed by atoms with Crippen LogP contribution >= 0.6 is 0 Å². The molecule has 2 aliphatic heterocycles. The van der Waals surface area contributed by atoms with Crippen LogP contribution in [0.5, 0.6) is 0 Å². The van der Waals surface area contributed by atoms with Crippen molar-refractivity contribution in [2.75, 3.05) is 39.8 Å². The van der Waals surface area contributed by atoms with Crippen LogP contribution in [0.15, 0.2) is 35.3 Å². The summed E-state index contributed by atoms with van der Waals surface area (Å²) in [7, 11) is 1.47. The number of carbonyl (C=O) groups excluding carboxylic acids is 1. The first kappa shape index (κ1) is 21.6. The Morgan fingerprint density at radius 1 is 1.21 bits per heavy atom. The number of hydrogen-bond acceptors (Lipinski definition) is 4. The van der Waals surface area contributed by atoms with E-state index in [1.807, 2.05) is 0 Å². The van der Waals surface area contributed by atoms with Crippen LogP contribution in [0.25, 0.3) is 0 Å². The number of nitrogens with zero attached hydrogens (tertiary/aromatic N) is 3. The number of esters is 1. The van der Waals surface area contributed by atoms with Crippen molar-refractivity contribution in [3.05, 3.63) is 35.9 Å². The van der Waals surface area contributed by atoms with Crippen molar-refractivity contribution in [3.63, 3.8) is 0 Å². The lowest BCUT2D eigenvalue weighted by Gasteiger charge is -2.22. The Balaban J connectivity index is 1.58. The fourth-order valence-electron chi connectivity index (χ4n) is 4.63. The van der Waals surface area contributed by atoms with E-state index in [4.69, 9.17) is 9.73 Å². The summed E-state index contributed by atoms with van der Waals surface area (Å²) in [6.45, 7) is 11.8. The van der Waals surface area contributed by atoms with E-state index in [2.05, 4.69) is 66.2 Å². The lowest BCUT2D eigenvalue weighted by molar-refractivity contribution is -0.145. The molecule has 2 aliphatic rings. The maximum Gasteiger partial charge on any atom is 0.310 e. The molecule has 0 saturated carbocycles. The molecule has 1 aromatic carbocycles. The van der Waals surface area contributed by atoms with E-state index < -0.39 is 0 Å². The van der Waals surface area contributed by atoms with E-state index in [0.717, 1.165) is 38.7 Å². The van der Waals surface area contributed by atoms with Crippen molar-refractivity contribution in [3.8, 4) is 0 Å². The van der Waals surface area contributed by atoms with Crippen LogP contribution in [-0.2, 0) is 16.1 Å². The molecule has 0 bridgehead atoms. The van der Waals surface area contributed by atoms with Gasteiger partial charge in [-0.2, -0.15) is 0 Å². The molecule has 2 saturated heterocycles. The van der Waals surface area contributed by atoms with Gasteiger partial charge >= 0.3 is 5.97 Å². The van der Waals surface area contributed by atoms with E-state index in [1.165, 1.54) is 19.1 Å². The average Bonchev–Trinajstić information content (AvgIpc) is 3.28. The number of guanidine groups is 1. The Morgan fingerprint density at radius 2 is 1.97 bits per heavy atom. The van der Waals surface area contributed by atoms with Crippen LogP contribution in [0.1, 0.15) is 32.8 Å². The van der Waals surface area contributed by atoms with Gasteiger partial charge in [0, 0.05) is 45.3 Å². The standard InChI is InChI=1S/C23H36N4O2/c1-5-24-23(27-13-17(2)21(16-27)22(28)29-4)25-12-20-11-18(3)26(15-20)14-19-9-7-6-8-10-19/h6-10,17-18,20-21H,5,11-16H2,1-4H3,(H,24,25). The topological polar surface area (TPSA) is 57.2 Å². The second-order valence-corrected chi connectivity index (χ2v) is 8.57. The molecule has 6 heteroatoms. The molecule has 4 unspecified atom stereocenters. The van der Waals surface area contributed by atoms with E-state index in [-0.39, 0.29) is 17.8 Å². The van der Waals surface area contributed by atoms with Gasteiger partial charge in [0.05, 0.1) is 13.0 Å². The molecule has 29 heavy (non-hydrogen) atoms. The number of likely N-dealkylation sites (tertiary alicyclic amines) is 2. The maximum absolute atomic E-state index is 12.0. The van der Waals surface area contributed by atoms with Gasteiger partial charge in [-0.25, -0.2) is 0 Å².